The van der Waals surface area contributed by atoms with E-state index in [0.717, 1.165) is 19.3 Å². The van der Waals surface area contributed by atoms with Crippen LogP contribution in [0.1, 0.15) is 104 Å². The Labute approximate surface area is 152 Å². The summed E-state index contributed by atoms with van der Waals surface area (Å²) in [6.07, 6.45) is 13.1. The van der Waals surface area contributed by atoms with Gasteiger partial charge in [-0.25, -0.2) is 4.79 Å². The molecule has 0 aliphatic heterocycles. The van der Waals surface area contributed by atoms with E-state index in [1.54, 1.807) is 0 Å². The Morgan fingerprint density at radius 2 is 1.24 bits per heavy atom. The van der Waals surface area contributed by atoms with E-state index in [2.05, 4.69) is 11.7 Å². The average molecular weight is 365 g/mol. The molecule has 0 spiro atoms. The zero-order valence-corrected chi connectivity index (χ0v) is 16.2. The maximum atomic E-state index is 13.5. The molecular weight excluding hydrogens is 326 g/mol. The Balaban J connectivity index is 3.47. The Bertz CT molecular complexity index is 322. The smallest absolute Gasteiger partial charge is 0.379 e. The fraction of sp³-hybridized carbons (Fsp3) is 0.950. The van der Waals surface area contributed by atoms with Crippen molar-refractivity contribution in [3.8, 4) is 0 Å². The number of unbranched alkanes of at least 4 members (excludes halogenated alkanes) is 12. The van der Waals surface area contributed by atoms with Gasteiger partial charge in [-0.05, 0) is 13.3 Å². The van der Waals surface area contributed by atoms with Crippen LogP contribution in [0.4, 0.5) is 8.78 Å². The first-order valence-electron chi connectivity index (χ1n) is 10.2. The number of aliphatic hydroxyl groups is 1. The SMILES string of the molecule is CCCCCCCCCCCCCCCC(O)C(F)(F)C(=O)OCC. The first-order chi connectivity index (χ1) is 12.0. The van der Waals surface area contributed by atoms with Crippen molar-refractivity contribution in [1.82, 2.24) is 0 Å². The molecule has 0 amide bonds. The molecule has 0 saturated heterocycles. The van der Waals surface area contributed by atoms with Crippen LogP contribution >= 0.6 is 0 Å². The van der Waals surface area contributed by atoms with Crippen molar-refractivity contribution >= 4 is 5.97 Å². The maximum Gasteiger partial charge on any atom is 0.379 e. The average Bonchev–Trinajstić information content (AvgIpc) is 2.58. The van der Waals surface area contributed by atoms with Gasteiger partial charge in [-0.3, -0.25) is 0 Å². The summed E-state index contributed by atoms with van der Waals surface area (Å²) in [4.78, 5) is 11.1. The second-order valence-corrected chi connectivity index (χ2v) is 6.89. The van der Waals surface area contributed by atoms with Crippen LogP contribution in [0.2, 0.25) is 0 Å². The predicted octanol–water partition coefficient (Wildman–Crippen LogP) is 6.03. The predicted molar refractivity (Wildman–Crippen MR) is 97.9 cm³/mol. The number of rotatable bonds is 17. The quantitative estimate of drug-likeness (QED) is 0.253. The highest BCUT2D eigenvalue weighted by Gasteiger charge is 2.47. The number of alkyl halides is 2. The molecule has 0 bridgehead atoms. The summed E-state index contributed by atoms with van der Waals surface area (Å²) in [6.45, 7) is 3.58. The molecule has 0 aromatic carbocycles. The largest absolute Gasteiger partial charge is 0.461 e. The highest BCUT2D eigenvalue weighted by atomic mass is 19.3. The Kier molecular flexibility index (Phi) is 15.1. The van der Waals surface area contributed by atoms with E-state index in [1.165, 1.54) is 64.7 Å². The van der Waals surface area contributed by atoms with Crippen LogP contribution in [0.3, 0.4) is 0 Å². The van der Waals surface area contributed by atoms with Crippen LogP contribution in [0.5, 0.6) is 0 Å². The number of hydrogen-bond acceptors (Lipinski definition) is 3. The molecule has 0 saturated carbocycles. The number of aliphatic hydroxyl groups excluding tert-OH is 1. The molecule has 5 heteroatoms. The minimum absolute atomic E-state index is 0.0659. The molecule has 1 atom stereocenters. The van der Waals surface area contributed by atoms with Crippen molar-refractivity contribution in [2.75, 3.05) is 6.61 Å². The number of esters is 1. The summed E-state index contributed by atoms with van der Waals surface area (Å²) in [5, 5.41) is 9.50. The van der Waals surface area contributed by atoms with E-state index in [-0.39, 0.29) is 13.0 Å². The van der Waals surface area contributed by atoms with Gasteiger partial charge in [0.15, 0.2) is 0 Å². The van der Waals surface area contributed by atoms with Gasteiger partial charge in [0.25, 0.3) is 0 Å². The van der Waals surface area contributed by atoms with Crippen LogP contribution < -0.4 is 0 Å². The van der Waals surface area contributed by atoms with Crippen LogP contribution in [0, 0.1) is 0 Å². The second-order valence-electron chi connectivity index (χ2n) is 6.89. The van der Waals surface area contributed by atoms with Crippen LogP contribution in [0.25, 0.3) is 0 Å². The Morgan fingerprint density at radius 3 is 1.64 bits per heavy atom. The molecule has 150 valence electrons. The third kappa shape index (κ3) is 12.3. The third-order valence-corrected chi connectivity index (χ3v) is 4.55. The van der Waals surface area contributed by atoms with E-state index in [1.807, 2.05) is 0 Å². The van der Waals surface area contributed by atoms with E-state index in [0.29, 0.717) is 6.42 Å². The first-order valence-corrected chi connectivity index (χ1v) is 10.2. The molecule has 0 heterocycles. The van der Waals surface area contributed by atoms with E-state index in [4.69, 9.17) is 0 Å². The lowest BCUT2D eigenvalue weighted by Gasteiger charge is -2.20. The summed E-state index contributed by atoms with van der Waals surface area (Å²) < 4.78 is 31.3. The van der Waals surface area contributed by atoms with Crippen molar-refractivity contribution in [3.05, 3.63) is 0 Å². The fourth-order valence-corrected chi connectivity index (χ4v) is 2.90. The molecule has 0 aromatic heterocycles. The topological polar surface area (TPSA) is 46.5 Å². The molecule has 0 aromatic rings. The van der Waals surface area contributed by atoms with Crippen molar-refractivity contribution in [1.29, 1.82) is 0 Å². The number of ether oxygens (including phenoxy) is 1. The first kappa shape index (κ1) is 24.3. The minimum atomic E-state index is -3.80. The molecular formula is C20H38F2O3. The van der Waals surface area contributed by atoms with Gasteiger partial charge in [0.2, 0.25) is 0 Å². The fourth-order valence-electron chi connectivity index (χ4n) is 2.90. The summed E-state index contributed by atoms with van der Waals surface area (Å²) in [7, 11) is 0. The van der Waals surface area contributed by atoms with Gasteiger partial charge in [-0.1, -0.05) is 90.4 Å². The summed E-state index contributed by atoms with van der Waals surface area (Å²) >= 11 is 0. The van der Waals surface area contributed by atoms with E-state index in [9.17, 15) is 18.7 Å². The highest BCUT2D eigenvalue weighted by molar-refractivity contribution is 5.78. The molecule has 1 unspecified atom stereocenters. The number of carbonyl (C=O) groups excluding carboxylic acids is 1. The van der Waals surface area contributed by atoms with Crippen LogP contribution in [0.15, 0.2) is 0 Å². The molecule has 0 fully saturated rings. The molecule has 3 nitrogen and oxygen atoms in total. The van der Waals surface area contributed by atoms with Gasteiger partial charge in [0.05, 0.1) is 6.61 Å². The van der Waals surface area contributed by atoms with Gasteiger partial charge in [-0.15, -0.1) is 0 Å². The zero-order chi connectivity index (χ0) is 19.0. The van der Waals surface area contributed by atoms with Crippen molar-refractivity contribution in [2.24, 2.45) is 0 Å². The van der Waals surface area contributed by atoms with E-state index < -0.39 is 18.0 Å². The van der Waals surface area contributed by atoms with Crippen LogP contribution in [-0.2, 0) is 9.53 Å². The minimum Gasteiger partial charge on any atom is -0.461 e. The van der Waals surface area contributed by atoms with Crippen molar-refractivity contribution in [2.45, 2.75) is 116 Å². The maximum absolute atomic E-state index is 13.5. The number of hydrogen-bond donors (Lipinski definition) is 1. The zero-order valence-electron chi connectivity index (χ0n) is 16.2. The summed E-state index contributed by atoms with van der Waals surface area (Å²) in [5.74, 6) is -5.43. The lowest BCUT2D eigenvalue weighted by Crippen LogP contribution is -2.42. The van der Waals surface area contributed by atoms with Crippen LogP contribution in [-0.4, -0.2) is 29.7 Å². The summed E-state index contributed by atoms with van der Waals surface area (Å²) in [6, 6.07) is 0. The lowest BCUT2D eigenvalue weighted by molar-refractivity contribution is -0.188. The Morgan fingerprint density at radius 1 is 0.840 bits per heavy atom. The van der Waals surface area contributed by atoms with Gasteiger partial charge < -0.3 is 9.84 Å². The number of carbonyl (C=O) groups is 1. The van der Waals surface area contributed by atoms with Gasteiger partial charge >= 0.3 is 11.9 Å². The normalized spacial score (nSPS) is 13.0. The van der Waals surface area contributed by atoms with Gasteiger partial charge in [0.1, 0.15) is 6.10 Å². The monoisotopic (exact) mass is 364 g/mol. The molecule has 0 aliphatic carbocycles. The third-order valence-electron chi connectivity index (χ3n) is 4.55. The van der Waals surface area contributed by atoms with Crippen molar-refractivity contribution in [3.63, 3.8) is 0 Å². The number of halogens is 2. The van der Waals surface area contributed by atoms with Crippen molar-refractivity contribution < 1.29 is 23.4 Å². The second kappa shape index (κ2) is 15.5. The molecule has 1 N–H and O–H groups in total. The van der Waals surface area contributed by atoms with Gasteiger partial charge in [-0.2, -0.15) is 8.78 Å². The lowest BCUT2D eigenvalue weighted by atomic mass is 10.0. The highest BCUT2D eigenvalue weighted by Crippen LogP contribution is 2.25. The van der Waals surface area contributed by atoms with E-state index >= 15 is 0 Å². The van der Waals surface area contributed by atoms with Gasteiger partial charge in [0, 0.05) is 0 Å². The standard InChI is InChI=1S/C20H38F2O3/c1-3-5-6-7-8-9-10-11-12-13-14-15-16-17-18(23)20(21,22)19(24)25-4-2/h18,23H,3-17H2,1-2H3. The molecule has 0 rings (SSSR count). The summed E-state index contributed by atoms with van der Waals surface area (Å²) in [5.41, 5.74) is 0. The molecule has 25 heavy (non-hydrogen) atoms. The molecule has 0 aliphatic rings. The molecule has 0 radical (unpaired) electrons. The Hall–Kier alpha value is -0.710.